The number of fused-ring (bicyclic) bond motifs is 1. The van der Waals surface area contributed by atoms with E-state index < -0.39 is 15.9 Å². The van der Waals surface area contributed by atoms with Gasteiger partial charge >= 0.3 is 0 Å². The lowest BCUT2D eigenvalue weighted by atomic mass is 10.0. The van der Waals surface area contributed by atoms with Crippen LogP contribution < -0.4 is 14.8 Å². The van der Waals surface area contributed by atoms with Gasteiger partial charge in [0.2, 0.25) is 5.13 Å². The molecule has 216 valence electrons. The van der Waals surface area contributed by atoms with E-state index in [0.717, 1.165) is 20.9 Å². The van der Waals surface area contributed by atoms with Gasteiger partial charge < -0.3 is 9.47 Å². The van der Waals surface area contributed by atoms with Gasteiger partial charge in [0.15, 0.2) is 5.65 Å². The van der Waals surface area contributed by atoms with Crippen molar-refractivity contribution < 1.29 is 22.7 Å². The molecule has 0 aliphatic heterocycles. The Morgan fingerprint density at radius 2 is 1.72 bits per heavy atom. The lowest BCUT2D eigenvalue weighted by molar-refractivity contribution is 0.102. The first-order chi connectivity index (χ1) is 20.8. The Morgan fingerprint density at radius 1 is 0.977 bits per heavy atom. The molecule has 43 heavy (non-hydrogen) atoms. The van der Waals surface area contributed by atoms with E-state index in [1.54, 1.807) is 66.7 Å². The Hall–Kier alpha value is -4.78. The van der Waals surface area contributed by atoms with Gasteiger partial charge in [-0.25, -0.2) is 17.4 Å². The van der Waals surface area contributed by atoms with E-state index in [0.29, 0.717) is 21.7 Å². The molecule has 0 bridgehead atoms. The third-order valence-corrected chi connectivity index (χ3v) is 9.12. The number of carbonyl (C=O) groups excluding carboxylic acids is 1. The smallest absolute Gasteiger partial charge is 0.296 e. The van der Waals surface area contributed by atoms with Crippen LogP contribution in [0, 0.1) is 0 Å². The third kappa shape index (κ3) is 5.80. The fourth-order valence-corrected chi connectivity index (χ4v) is 6.40. The minimum atomic E-state index is -3.96. The number of hydrogen-bond donors (Lipinski definition) is 1. The molecule has 3 aromatic heterocycles. The van der Waals surface area contributed by atoms with Crippen LogP contribution in [-0.2, 0) is 16.6 Å². The first-order valence-corrected chi connectivity index (χ1v) is 15.4. The van der Waals surface area contributed by atoms with Crippen LogP contribution in [0.3, 0.4) is 0 Å². The van der Waals surface area contributed by atoms with E-state index in [2.05, 4.69) is 15.5 Å². The lowest BCUT2D eigenvalue weighted by Crippen LogP contribution is -2.16. The topological polar surface area (TPSA) is 125 Å². The molecular formula is C30H22ClN5O5S2. The number of rotatable bonds is 9. The molecule has 13 heteroatoms. The number of anilines is 1. The van der Waals surface area contributed by atoms with E-state index in [1.165, 1.54) is 25.4 Å². The van der Waals surface area contributed by atoms with Crippen molar-refractivity contribution in [3.05, 3.63) is 113 Å². The molecule has 1 N–H and O–H groups in total. The third-order valence-electron chi connectivity index (χ3n) is 6.44. The Kier molecular flexibility index (Phi) is 7.80. The van der Waals surface area contributed by atoms with Gasteiger partial charge in [0.1, 0.15) is 12.4 Å². The van der Waals surface area contributed by atoms with Gasteiger partial charge in [0.05, 0.1) is 23.3 Å². The molecular weight excluding hydrogens is 610 g/mol. The van der Waals surface area contributed by atoms with Crippen molar-refractivity contribution in [3.63, 3.8) is 0 Å². The van der Waals surface area contributed by atoms with Crippen molar-refractivity contribution in [3.8, 4) is 22.2 Å². The number of amides is 1. The molecule has 0 saturated heterocycles. The number of nitrogens with one attached hydrogen (secondary N) is 1. The van der Waals surface area contributed by atoms with E-state index in [-0.39, 0.29) is 38.7 Å². The van der Waals surface area contributed by atoms with Crippen LogP contribution in [0.2, 0.25) is 5.02 Å². The number of methoxy groups -OCH3 is 1. The molecule has 0 aliphatic carbocycles. The normalized spacial score (nSPS) is 11.4. The van der Waals surface area contributed by atoms with Gasteiger partial charge in [-0.15, -0.1) is 5.10 Å². The number of ether oxygens (including phenoxy) is 2. The highest BCUT2D eigenvalue weighted by atomic mass is 35.5. The first kappa shape index (κ1) is 28.3. The monoisotopic (exact) mass is 631 g/mol. The minimum absolute atomic E-state index is 0.111. The second-order valence-electron chi connectivity index (χ2n) is 9.17. The second kappa shape index (κ2) is 11.8. The van der Waals surface area contributed by atoms with Crippen LogP contribution in [0.5, 0.6) is 10.9 Å². The van der Waals surface area contributed by atoms with E-state index in [4.69, 9.17) is 26.1 Å². The van der Waals surface area contributed by atoms with Crippen molar-refractivity contribution in [2.45, 2.75) is 11.5 Å². The van der Waals surface area contributed by atoms with Gasteiger partial charge in [0.25, 0.3) is 21.1 Å². The predicted molar refractivity (Wildman–Crippen MR) is 164 cm³/mol. The largest absolute Gasteiger partial charge is 0.496 e. The maximum Gasteiger partial charge on any atom is 0.296 e. The molecule has 0 spiro atoms. The molecule has 10 nitrogen and oxygen atoms in total. The maximum atomic E-state index is 13.7. The van der Waals surface area contributed by atoms with Crippen LogP contribution in [0.15, 0.2) is 102 Å². The lowest BCUT2D eigenvalue weighted by Gasteiger charge is -2.13. The van der Waals surface area contributed by atoms with E-state index in [9.17, 15) is 13.2 Å². The molecule has 1 amide bonds. The van der Waals surface area contributed by atoms with Crippen molar-refractivity contribution in [1.82, 2.24) is 19.2 Å². The summed E-state index contributed by atoms with van der Waals surface area (Å²) >= 11 is 7.00. The highest BCUT2D eigenvalue weighted by Crippen LogP contribution is 2.34. The molecule has 0 radical (unpaired) electrons. The molecule has 0 saturated carbocycles. The molecule has 6 rings (SSSR count). The van der Waals surface area contributed by atoms with Crippen LogP contribution in [-0.4, -0.2) is 40.6 Å². The van der Waals surface area contributed by atoms with Crippen LogP contribution in [0.25, 0.3) is 22.3 Å². The van der Waals surface area contributed by atoms with Crippen molar-refractivity contribution in [2.75, 3.05) is 12.4 Å². The van der Waals surface area contributed by atoms with Crippen LogP contribution in [0.1, 0.15) is 15.9 Å². The zero-order valence-corrected chi connectivity index (χ0v) is 24.9. The maximum absolute atomic E-state index is 13.7. The number of pyridine rings is 1. The van der Waals surface area contributed by atoms with Crippen molar-refractivity contribution >= 4 is 55.0 Å². The SMILES string of the molecule is COc1ccccc1-c1nc2c(ccn2S(=O)(=O)c2ccccc2)cc1C(=O)Nc1nnc(OCc2ccc(Cl)cc2)s1. The quantitative estimate of drug-likeness (QED) is 0.197. The predicted octanol–water partition coefficient (Wildman–Crippen LogP) is 6.29. The number of hydrogen-bond acceptors (Lipinski definition) is 9. The van der Waals surface area contributed by atoms with Crippen molar-refractivity contribution in [1.29, 1.82) is 0 Å². The summed E-state index contributed by atoms with van der Waals surface area (Å²) < 4.78 is 39.3. The van der Waals surface area contributed by atoms with Gasteiger partial charge in [0, 0.05) is 22.2 Å². The number of para-hydroxylation sites is 1. The molecule has 0 atom stereocenters. The number of aromatic nitrogens is 4. The van der Waals surface area contributed by atoms with E-state index >= 15 is 0 Å². The van der Waals surface area contributed by atoms with Crippen LogP contribution in [0.4, 0.5) is 5.13 Å². The Labute approximate surface area is 255 Å². The van der Waals surface area contributed by atoms with Gasteiger partial charge in [-0.05, 0) is 65.4 Å². The molecule has 0 fully saturated rings. The van der Waals surface area contributed by atoms with E-state index in [1.807, 2.05) is 12.1 Å². The summed E-state index contributed by atoms with van der Waals surface area (Å²) in [6.45, 7) is 0.251. The number of halogens is 1. The average Bonchev–Trinajstić information content (AvgIpc) is 3.67. The Balaban J connectivity index is 1.35. The standard InChI is InChI=1S/C30H22ClN5O5S2/c1-40-25-10-6-5-9-23(25)26-24(17-20-15-16-36(27(20)32-26)43(38,39)22-7-3-2-4-8-22)28(37)33-29-34-35-30(42-29)41-18-19-11-13-21(31)14-12-19/h2-17H,18H2,1H3,(H,33,34,37). The summed E-state index contributed by atoms with van der Waals surface area (Å²) in [5.74, 6) is -0.0596. The minimum Gasteiger partial charge on any atom is -0.496 e. The first-order valence-electron chi connectivity index (χ1n) is 12.8. The number of carbonyl (C=O) groups is 1. The summed E-state index contributed by atoms with van der Waals surface area (Å²) in [4.78, 5) is 18.5. The summed E-state index contributed by atoms with van der Waals surface area (Å²) in [6, 6.07) is 25.5. The molecule has 0 aliphatic rings. The van der Waals surface area contributed by atoms with Gasteiger partial charge in [-0.3, -0.25) is 10.1 Å². The Bertz CT molecular complexity index is 2050. The van der Waals surface area contributed by atoms with Crippen LogP contribution >= 0.6 is 22.9 Å². The molecule has 6 aromatic rings. The Morgan fingerprint density at radius 3 is 2.49 bits per heavy atom. The summed E-state index contributed by atoms with van der Waals surface area (Å²) in [5.41, 5.74) is 1.98. The summed E-state index contributed by atoms with van der Waals surface area (Å²) in [6.07, 6.45) is 1.42. The fraction of sp³-hybridized carbons (Fsp3) is 0.0667. The molecule has 0 unspecified atom stereocenters. The van der Waals surface area contributed by atoms with Crippen molar-refractivity contribution in [2.24, 2.45) is 0 Å². The van der Waals surface area contributed by atoms with Gasteiger partial charge in [-0.2, -0.15) is 0 Å². The highest BCUT2D eigenvalue weighted by molar-refractivity contribution is 7.90. The summed E-state index contributed by atoms with van der Waals surface area (Å²) in [5, 5.41) is 12.4. The molecule has 3 heterocycles. The number of nitrogens with zero attached hydrogens (tertiary/aromatic N) is 4. The average molecular weight is 632 g/mol. The van der Waals surface area contributed by atoms with Gasteiger partial charge in [-0.1, -0.05) is 59.2 Å². The second-order valence-corrected chi connectivity index (χ2v) is 12.4. The number of benzene rings is 3. The summed E-state index contributed by atoms with van der Waals surface area (Å²) in [7, 11) is -2.45. The molecule has 3 aromatic carbocycles. The zero-order chi connectivity index (χ0) is 30.0. The zero-order valence-electron chi connectivity index (χ0n) is 22.5. The fourth-order valence-electron chi connectivity index (χ4n) is 4.36. The highest BCUT2D eigenvalue weighted by Gasteiger charge is 2.25.